The van der Waals surface area contributed by atoms with Gasteiger partial charge in [0.1, 0.15) is 6.07 Å². The second-order valence-corrected chi connectivity index (χ2v) is 8.54. The van der Waals surface area contributed by atoms with Gasteiger partial charge >= 0.3 is 0 Å². The summed E-state index contributed by atoms with van der Waals surface area (Å²) in [6, 6.07) is 7.82. The lowest BCUT2D eigenvalue weighted by atomic mass is 10.0. The summed E-state index contributed by atoms with van der Waals surface area (Å²) in [6.45, 7) is 3.46. The summed E-state index contributed by atoms with van der Waals surface area (Å²) in [7, 11) is -3.55. The first-order chi connectivity index (χ1) is 12.4. The third-order valence-electron chi connectivity index (χ3n) is 4.61. The monoisotopic (exact) mass is 375 g/mol. The fourth-order valence-electron chi connectivity index (χ4n) is 3.14. The molecule has 26 heavy (non-hydrogen) atoms. The van der Waals surface area contributed by atoms with E-state index in [0.29, 0.717) is 43.2 Å². The van der Waals surface area contributed by atoms with Crippen molar-refractivity contribution >= 4 is 15.9 Å². The maximum Gasteiger partial charge on any atom is 0.257 e. The molecule has 1 aromatic rings. The minimum Gasteiger partial charge on any atom is -0.478 e. The summed E-state index contributed by atoms with van der Waals surface area (Å²) in [5, 5.41) is 11.5. The van der Waals surface area contributed by atoms with Crippen molar-refractivity contribution in [2.75, 3.05) is 19.7 Å². The summed E-state index contributed by atoms with van der Waals surface area (Å²) in [5.74, 6) is 0.0827. The number of ether oxygens (including phenoxy) is 1. The van der Waals surface area contributed by atoms with Crippen molar-refractivity contribution in [1.82, 2.24) is 9.62 Å². The molecule has 8 heteroatoms. The molecular formula is C18H21N3O4S. The summed E-state index contributed by atoms with van der Waals surface area (Å²) in [4.78, 5) is 12.5. The highest BCUT2D eigenvalue weighted by Crippen LogP contribution is 2.24. The second kappa shape index (κ2) is 7.48. The number of piperidine rings is 1. The predicted octanol–water partition coefficient (Wildman–Crippen LogP) is 1.99. The van der Waals surface area contributed by atoms with E-state index in [2.05, 4.69) is 5.32 Å². The molecule has 1 N–H and O–H groups in total. The third kappa shape index (κ3) is 3.74. The molecular weight excluding hydrogens is 354 g/mol. The van der Waals surface area contributed by atoms with E-state index in [4.69, 9.17) is 10.00 Å². The van der Waals surface area contributed by atoms with Crippen molar-refractivity contribution in [2.45, 2.75) is 31.1 Å². The van der Waals surface area contributed by atoms with Gasteiger partial charge in [-0.2, -0.15) is 9.57 Å². The van der Waals surface area contributed by atoms with E-state index in [1.165, 1.54) is 28.6 Å². The Balaban J connectivity index is 1.74. The summed E-state index contributed by atoms with van der Waals surface area (Å²) >= 11 is 0. The van der Waals surface area contributed by atoms with Crippen molar-refractivity contribution in [2.24, 2.45) is 5.92 Å². The summed E-state index contributed by atoms with van der Waals surface area (Å²) < 4.78 is 32.2. The first-order valence-corrected chi connectivity index (χ1v) is 10.0. The van der Waals surface area contributed by atoms with E-state index in [-0.39, 0.29) is 10.8 Å². The molecule has 2 aliphatic rings. The zero-order valence-corrected chi connectivity index (χ0v) is 15.4. The lowest BCUT2D eigenvalue weighted by Crippen LogP contribution is -2.39. The number of rotatable bonds is 4. The number of carbonyl (C=O) groups is 1. The number of nitriles is 1. The van der Waals surface area contributed by atoms with Crippen molar-refractivity contribution < 1.29 is 17.9 Å². The van der Waals surface area contributed by atoms with Crippen LogP contribution in [0.2, 0.25) is 0 Å². The van der Waals surface area contributed by atoms with Crippen LogP contribution >= 0.6 is 0 Å². The topological polar surface area (TPSA) is 99.5 Å². The van der Waals surface area contributed by atoms with Crippen LogP contribution in [0.1, 0.15) is 36.5 Å². The number of benzene rings is 1. The molecule has 1 atom stereocenters. The minimum absolute atomic E-state index is 0.177. The molecule has 0 aromatic heterocycles. The van der Waals surface area contributed by atoms with E-state index < -0.39 is 15.9 Å². The Morgan fingerprint density at radius 2 is 2.08 bits per heavy atom. The number of hydrogen-bond donors (Lipinski definition) is 1. The van der Waals surface area contributed by atoms with Gasteiger partial charge < -0.3 is 4.74 Å². The SMILES string of the molecule is C[C@H]1CCCN(S(=O)(=O)c2ccc(C(=O)NC3=C(C#N)CCO3)cc2)C1. The van der Waals surface area contributed by atoms with Gasteiger partial charge in [0.25, 0.3) is 5.91 Å². The van der Waals surface area contributed by atoms with Crippen LogP contribution in [0.4, 0.5) is 0 Å². The van der Waals surface area contributed by atoms with Gasteiger partial charge in [-0.1, -0.05) is 6.92 Å². The number of nitrogens with one attached hydrogen (secondary N) is 1. The van der Waals surface area contributed by atoms with Crippen molar-refractivity contribution in [3.8, 4) is 6.07 Å². The molecule has 138 valence electrons. The minimum atomic E-state index is -3.55. The molecule has 2 heterocycles. The molecule has 7 nitrogen and oxygen atoms in total. The van der Waals surface area contributed by atoms with Gasteiger partial charge in [-0.3, -0.25) is 10.1 Å². The van der Waals surface area contributed by atoms with Crippen LogP contribution in [0.15, 0.2) is 40.6 Å². The van der Waals surface area contributed by atoms with Crippen LogP contribution in [0.3, 0.4) is 0 Å². The van der Waals surface area contributed by atoms with Crippen LogP contribution in [0, 0.1) is 17.2 Å². The second-order valence-electron chi connectivity index (χ2n) is 6.61. The van der Waals surface area contributed by atoms with Crippen LogP contribution in [0.5, 0.6) is 0 Å². The Morgan fingerprint density at radius 1 is 1.35 bits per heavy atom. The van der Waals surface area contributed by atoms with Crippen LogP contribution < -0.4 is 5.32 Å². The van der Waals surface area contributed by atoms with Crippen LogP contribution in [-0.4, -0.2) is 38.3 Å². The van der Waals surface area contributed by atoms with Crippen molar-refractivity contribution in [3.63, 3.8) is 0 Å². The predicted molar refractivity (Wildman–Crippen MR) is 94.3 cm³/mol. The maximum absolute atomic E-state index is 12.7. The molecule has 1 fully saturated rings. The standard InChI is InChI=1S/C18H21N3O4S/c1-13-3-2-9-21(12-13)26(23,24)16-6-4-14(5-7-16)17(22)20-18-15(11-19)8-10-25-18/h4-7,13H,2-3,8-10,12H2,1H3,(H,20,22)/t13-/m0/s1. The Labute approximate surface area is 153 Å². The van der Waals surface area contributed by atoms with Gasteiger partial charge in [-0.05, 0) is 43.0 Å². The first-order valence-electron chi connectivity index (χ1n) is 8.59. The van der Waals surface area contributed by atoms with Crippen LogP contribution in [0.25, 0.3) is 0 Å². The third-order valence-corrected chi connectivity index (χ3v) is 6.49. The number of sulfonamides is 1. The average molecular weight is 375 g/mol. The summed E-state index contributed by atoms with van der Waals surface area (Å²) in [5.41, 5.74) is 0.702. The normalized spacial score (nSPS) is 21.2. The molecule has 0 bridgehead atoms. The molecule has 2 aliphatic heterocycles. The maximum atomic E-state index is 12.7. The Kier molecular flexibility index (Phi) is 5.30. The molecule has 0 spiro atoms. The van der Waals surface area contributed by atoms with Gasteiger partial charge in [-0.25, -0.2) is 8.42 Å². The molecule has 1 aromatic carbocycles. The molecule has 0 aliphatic carbocycles. The average Bonchev–Trinajstić information content (AvgIpc) is 3.09. The Hall–Kier alpha value is -2.37. The number of nitrogens with zero attached hydrogens (tertiary/aromatic N) is 2. The number of hydrogen-bond acceptors (Lipinski definition) is 5. The fourth-order valence-corrected chi connectivity index (χ4v) is 4.74. The smallest absolute Gasteiger partial charge is 0.257 e. The number of carbonyl (C=O) groups excluding carboxylic acids is 1. The highest BCUT2D eigenvalue weighted by Gasteiger charge is 2.28. The first kappa shape index (κ1) is 18.4. The molecule has 0 unspecified atom stereocenters. The molecule has 0 radical (unpaired) electrons. The zero-order chi connectivity index (χ0) is 18.7. The highest BCUT2D eigenvalue weighted by atomic mass is 32.2. The zero-order valence-electron chi connectivity index (χ0n) is 14.6. The lowest BCUT2D eigenvalue weighted by molar-refractivity contribution is 0.0930. The van der Waals surface area contributed by atoms with E-state index >= 15 is 0 Å². The molecule has 1 saturated heterocycles. The van der Waals surface area contributed by atoms with E-state index in [1.807, 2.05) is 13.0 Å². The highest BCUT2D eigenvalue weighted by molar-refractivity contribution is 7.89. The molecule has 3 rings (SSSR count). The lowest BCUT2D eigenvalue weighted by Gasteiger charge is -2.30. The van der Waals surface area contributed by atoms with E-state index in [9.17, 15) is 13.2 Å². The van der Waals surface area contributed by atoms with E-state index in [1.54, 1.807) is 0 Å². The Morgan fingerprint density at radius 3 is 2.73 bits per heavy atom. The van der Waals surface area contributed by atoms with Gasteiger partial charge in [0.2, 0.25) is 15.9 Å². The van der Waals surface area contributed by atoms with E-state index in [0.717, 1.165) is 12.8 Å². The van der Waals surface area contributed by atoms with Gasteiger partial charge in [0.05, 0.1) is 17.1 Å². The summed E-state index contributed by atoms with van der Waals surface area (Å²) in [6.07, 6.45) is 2.36. The van der Waals surface area contributed by atoms with Gasteiger partial charge in [0, 0.05) is 25.1 Å². The van der Waals surface area contributed by atoms with Gasteiger partial charge in [0.15, 0.2) is 0 Å². The van der Waals surface area contributed by atoms with Crippen molar-refractivity contribution in [3.05, 3.63) is 41.3 Å². The van der Waals surface area contributed by atoms with Gasteiger partial charge in [-0.15, -0.1) is 0 Å². The Bertz CT molecular complexity index is 869. The quantitative estimate of drug-likeness (QED) is 0.868. The molecule has 1 amide bonds. The number of amides is 1. The van der Waals surface area contributed by atoms with Crippen molar-refractivity contribution in [1.29, 1.82) is 5.26 Å². The fraction of sp³-hybridized carbons (Fsp3) is 0.444. The largest absolute Gasteiger partial charge is 0.478 e. The molecule has 0 saturated carbocycles. The van der Waals surface area contributed by atoms with Crippen LogP contribution in [-0.2, 0) is 14.8 Å².